The van der Waals surface area contributed by atoms with E-state index >= 15 is 0 Å². The first-order chi connectivity index (χ1) is 9.22. The van der Waals surface area contributed by atoms with Gasteiger partial charge >= 0.3 is 0 Å². The summed E-state index contributed by atoms with van der Waals surface area (Å²) in [6.07, 6.45) is 5.22. The molecule has 0 fully saturated rings. The molecule has 0 N–H and O–H groups in total. The molecular formula is C18H16O. The Morgan fingerprint density at radius 2 is 1.79 bits per heavy atom. The molecule has 0 radical (unpaired) electrons. The van der Waals surface area contributed by atoms with Gasteiger partial charge in [0, 0.05) is 5.56 Å². The lowest BCUT2D eigenvalue weighted by Gasteiger charge is -2.05. The van der Waals surface area contributed by atoms with E-state index in [4.69, 9.17) is 0 Å². The summed E-state index contributed by atoms with van der Waals surface area (Å²) in [5, 5.41) is 0. The summed E-state index contributed by atoms with van der Waals surface area (Å²) >= 11 is 0. The molecule has 0 bridgehead atoms. The number of carbonyl (C=O) groups is 1. The van der Waals surface area contributed by atoms with Gasteiger partial charge in [-0.05, 0) is 29.7 Å². The van der Waals surface area contributed by atoms with E-state index < -0.39 is 0 Å². The second-order valence-corrected chi connectivity index (χ2v) is 4.33. The zero-order chi connectivity index (χ0) is 13.7. The zero-order valence-electron chi connectivity index (χ0n) is 11.0. The van der Waals surface area contributed by atoms with E-state index in [1.165, 1.54) is 0 Å². The Morgan fingerprint density at radius 1 is 1.05 bits per heavy atom. The summed E-state index contributed by atoms with van der Waals surface area (Å²) in [4.78, 5) is 12.2. The summed E-state index contributed by atoms with van der Waals surface area (Å²) in [5.74, 6) is 0.0186. The molecule has 0 atom stereocenters. The Kier molecular flexibility index (Phi) is 4.09. The zero-order valence-corrected chi connectivity index (χ0v) is 11.0. The largest absolute Gasteiger partial charge is 0.289 e. The number of ketones is 1. The van der Waals surface area contributed by atoms with Crippen LogP contribution in [0, 0.1) is 6.92 Å². The Labute approximate surface area is 113 Å². The topological polar surface area (TPSA) is 17.1 Å². The normalized spacial score (nSPS) is 10.6. The average molecular weight is 248 g/mol. The van der Waals surface area contributed by atoms with Crippen LogP contribution in [0.4, 0.5) is 0 Å². The van der Waals surface area contributed by atoms with Crippen LogP contribution in [0.15, 0.2) is 61.2 Å². The molecule has 0 amide bonds. The van der Waals surface area contributed by atoms with Crippen molar-refractivity contribution in [3.63, 3.8) is 0 Å². The monoisotopic (exact) mass is 248 g/mol. The first-order valence-electron chi connectivity index (χ1n) is 6.22. The lowest BCUT2D eigenvalue weighted by molar-refractivity contribution is 0.104. The summed E-state index contributed by atoms with van der Waals surface area (Å²) in [6, 6.07) is 15.5. The molecule has 1 nitrogen and oxygen atoms in total. The minimum absolute atomic E-state index is 0.0186. The maximum Gasteiger partial charge on any atom is 0.186 e. The Balaban J connectivity index is 2.26. The van der Waals surface area contributed by atoms with Crippen LogP contribution in [-0.2, 0) is 0 Å². The van der Waals surface area contributed by atoms with Gasteiger partial charge in [-0.1, -0.05) is 67.3 Å². The van der Waals surface area contributed by atoms with Gasteiger partial charge in [-0.15, -0.1) is 0 Å². The van der Waals surface area contributed by atoms with Gasteiger partial charge in [-0.25, -0.2) is 0 Å². The van der Waals surface area contributed by atoms with Crippen molar-refractivity contribution >= 4 is 17.9 Å². The molecule has 2 aromatic rings. The molecule has 0 aliphatic carbocycles. The van der Waals surface area contributed by atoms with E-state index in [2.05, 4.69) is 6.58 Å². The highest BCUT2D eigenvalue weighted by molar-refractivity contribution is 6.08. The number of benzene rings is 2. The molecule has 94 valence electrons. The fraction of sp³-hybridized carbons (Fsp3) is 0.0556. The Bertz CT molecular complexity index is 621. The van der Waals surface area contributed by atoms with Gasteiger partial charge in [0.05, 0.1) is 0 Å². The van der Waals surface area contributed by atoms with Crippen LogP contribution in [-0.4, -0.2) is 5.78 Å². The van der Waals surface area contributed by atoms with Gasteiger partial charge in [-0.3, -0.25) is 4.79 Å². The van der Waals surface area contributed by atoms with Gasteiger partial charge in [0.15, 0.2) is 5.78 Å². The van der Waals surface area contributed by atoms with E-state index in [-0.39, 0.29) is 5.78 Å². The highest BCUT2D eigenvalue weighted by atomic mass is 16.1. The molecule has 0 saturated heterocycles. The number of carbonyl (C=O) groups excluding carboxylic acids is 1. The van der Waals surface area contributed by atoms with Crippen LogP contribution in [0.3, 0.4) is 0 Å². The van der Waals surface area contributed by atoms with Crippen LogP contribution >= 0.6 is 0 Å². The maximum atomic E-state index is 12.2. The first-order valence-corrected chi connectivity index (χ1v) is 6.22. The van der Waals surface area contributed by atoms with Gasteiger partial charge in [-0.2, -0.15) is 0 Å². The molecule has 2 rings (SSSR count). The fourth-order valence-corrected chi connectivity index (χ4v) is 1.97. The van der Waals surface area contributed by atoms with E-state index in [1.54, 1.807) is 12.2 Å². The fourth-order valence-electron chi connectivity index (χ4n) is 1.97. The summed E-state index contributed by atoms with van der Waals surface area (Å²) < 4.78 is 0. The number of hydrogen-bond donors (Lipinski definition) is 0. The summed E-state index contributed by atoms with van der Waals surface area (Å²) in [7, 11) is 0. The van der Waals surface area contributed by atoms with Gasteiger partial charge in [0.2, 0.25) is 0 Å². The molecule has 19 heavy (non-hydrogen) atoms. The molecule has 0 heterocycles. The third-order valence-electron chi connectivity index (χ3n) is 3.09. The molecule has 1 heteroatoms. The van der Waals surface area contributed by atoms with Crippen molar-refractivity contribution < 1.29 is 4.79 Å². The highest BCUT2D eigenvalue weighted by Crippen LogP contribution is 2.16. The molecule has 0 unspecified atom stereocenters. The van der Waals surface area contributed by atoms with Crippen molar-refractivity contribution in [1.29, 1.82) is 0 Å². The lowest BCUT2D eigenvalue weighted by atomic mass is 9.99. The predicted molar refractivity (Wildman–Crippen MR) is 81.1 cm³/mol. The van der Waals surface area contributed by atoms with E-state index in [0.29, 0.717) is 0 Å². The second-order valence-electron chi connectivity index (χ2n) is 4.33. The summed E-state index contributed by atoms with van der Waals surface area (Å²) in [6.45, 7) is 5.70. The first kappa shape index (κ1) is 13.0. The van der Waals surface area contributed by atoms with Crippen molar-refractivity contribution in [2.45, 2.75) is 6.92 Å². The van der Waals surface area contributed by atoms with Crippen LogP contribution in [0.2, 0.25) is 0 Å². The molecule has 0 saturated carbocycles. The van der Waals surface area contributed by atoms with Crippen LogP contribution in [0.5, 0.6) is 0 Å². The predicted octanol–water partition coefficient (Wildman–Crippen LogP) is 4.53. The molecule has 0 aromatic heterocycles. The van der Waals surface area contributed by atoms with Crippen molar-refractivity contribution in [2.75, 3.05) is 0 Å². The van der Waals surface area contributed by atoms with Gasteiger partial charge in [0.1, 0.15) is 0 Å². The third-order valence-corrected chi connectivity index (χ3v) is 3.09. The van der Waals surface area contributed by atoms with Crippen LogP contribution in [0.25, 0.3) is 12.2 Å². The van der Waals surface area contributed by atoms with Crippen molar-refractivity contribution in [2.24, 2.45) is 0 Å². The standard InChI is InChI=1S/C18H16O/c1-3-16-10-7-11-17(14(16)2)18(19)13-12-15-8-5-4-6-9-15/h3-13H,1H2,2H3. The quantitative estimate of drug-likeness (QED) is 0.573. The third kappa shape index (κ3) is 3.08. The van der Waals surface area contributed by atoms with Crippen LogP contribution in [0.1, 0.15) is 27.0 Å². The SMILES string of the molecule is C=Cc1cccc(C(=O)C=Cc2ccccc2)c1C. The van der Waals surface area contributed by atoms with Gasteiger partial charge in [0.25, 0.3) is 0 Å². The Hall–Kier alpha value is -2.41. The number of rotatable bonds is 4. The van der Waals surface area contributed by atoms with Crippen molar-refractivity contribution in [3.05, 3.63) is 83.4 Å². The molecule has 0 spiro atoms. The minimum atomic E-state index is 0.0186. The molecule has 0 aliphatic heterocycles. The average Bonchev–Trinajstić information content (AvgIpc) is 2.46. The van der Waals surface area contributed by atoms with Crippen molar-refractivity contribution in [1.82, 2.24) is 0 Å². The van der Waals surface area contributed by atoms with Crippen LogP contribution < -0.4 is 0 Å². The smallest absolute Gasteiger partial charge is 0.186 e. The van der Waals surface area contributed by atoms with Crippen molar-refractivity contribution in [3.8, 4) is 0 Å². The lowest BCUT2D eigenvalue weighted by Crippen LogP contribution is -1.99. The van der Waals surface area contributed by atoms with Gasteiger partial charge < -0.3 is 0 Å². The minimum Gasteiger partial charge on any atom is -0.289 e. The molecule has 0 aliphatic rings. The maximum absolute atomic E-state index is 12.2. The number of allylic oxidation sites excluding steroid dienone is 1. The second kappa shape index (κ2) is 5.96. The summed E-state index contributed by atoms with van der Waals surface area (Å²) in [5.41, 5.74) is 3.72. The van der Waals surface area contributed by atoms with E-state index in [1.807, 2.05) is 61.5 Å². The molecular weight excluding hydrogens is 232 g/mol. The number of hydrogen-bond acceptors (Lipinski definition) is 1. The van der Waals surface area contributed by atoms with E-state index in [0.717, 1.165) is 22.3 Å². The van der Waals surface area contributed by atoms with E-state index in [9.17, 15) is 4.79 Å². The Morgan fingerprint density at radius 3 is 2.47 bits per heavy atom. The highest BCUT2D eigenvalue weighted by Gasteiger charge is 2.07. The molecule has 2 aromatic carbocycles.